The molecule has 0 heterocycles. The van der Waals surface area contributed by atoms with Crippen LogP contribution in [0.5, 0.6) is 11.5 Å². The molecular weight excluding hydrogens is 745 g/mol. The van der Waals surface area contributed by atoms with Crippen LogP contribution in [-0.2, 0) is 47.3 Å². The maximum atomic E-state index is 12.6. The second-order valence-corrected chi connectivity index (χ2v) is 27.2. The topological polar surface area (TPSA) is 40.5 Å². The van der Waals surface area contributed by atoms with Gasteiger partial charge in [0.25, 0.3) is 0 Å². The molecule has 1 aliphatic rings. The van der Waals surface area contributed by atoms with Gasteiger partial charge in [-0.3, -0.25) is 0 Å². The van der Waals surface area contributed by atoms with Crippen molar-refractivity contribution in [1.82, 2.24) is 0 Å². The third-order valence-corrected chi connectivity index (χ3v) is 12.7. The largest absolute Gasteiger partial charge is 0.507 e. The van der Waals surface area contributed by atoms with E-state index in [-0.39, 0.29) is 21.7 Å². The highest BCUT2D eigenvalue weighted by Crippen LogP contribution is 2.41. The van der Waals surface area contributed by atoms with Crippen molar-refractivity contribution >= 4 is 8.07 Å². The van der Waals surface area contributed by atoms with Crippen molar-refractivity contribution in [1.29, 1.82) is 0 Å². The molecular formula is C57H68O2Si. The summed E-state index contributed by atoms with van der Waals surface area (Å²) in [7, 11) is -1.79. The summed E-state index contributed by atoms with van der Waals surface area (Å²) < 4.78 is 0. The first-order chi connectivity index (χ1) is 27.7. The van der Waals surface area contributed by atoms with Crippen LogP contribution in [-0.4, -0.2) is 18.3 Å². The van der Waals surface area contributed by atoms with Crippen LogP contribution in [0.4, 0.5) is 0 Å². The smallest absolute Gasteiger partial charge is 0.129 e. The number of rotatable bonds is 0. The van der Waals surface area contributed by atoms with Gasteiger partial charge in [0.2, 0.25) is 0 Å². The first-order valence-electron chi connectivity index (χ1n) is 21.8. The van der Waals surface area contributed by atoms with Gasteiger partial charge in [-0.25, -0.2) is 0 Å². The zero-order valence-electron chi connectivity index (χ0n) is 39.2. The Kier molecular flexibility index (Phi) is 12.0. The number of phenols is 2. The van der Waals surface area contributed by atoms with Gasteiger partial charge >= 0.3 is 0 Å². The number of fused-ring (bicyclic) bond motifs is 8. The van der Waals surface area contributed by atoms with Gasteiger partial charge in [0, 0.05) is 42.4 Å². The fraction of sp³-hybridized carbons (Fsp3) is 0.404. The van der Waals surface area contributed by atoms with Crippen molar-refractivity contribution in [3.05, 3.63) is 162 Å². The van der Waals surface area contributed by atoms with E-state index in [2.05, 4.69) is 175 Å². The predicted octanol–water partition coefficient (Wildman–Crippen LogP) is 13.6. The molecule has 3 heteroatoms. The third-order valence-electron chi connectivity index (χ3n) is 11.8. The predicted molar refractivity (Wildman–Crippen MR) is 258 cm³/mol. The second kappa shape index (κ2) is 16.1. The molecule has 0 unspecified atom stereocenters. The molecule has 2 nitrogen and oxygen atoms in total. The van der Waals surface area contributed by atoms with Crippen LogP contribution in [0.1, 0.15) is 167 Å². The van der Waals surface area contributed by atoms with Crippen molar-refractivity contribution in [2.75, 3.05) is 0 Å². The highest BCUT2D eigenvalue weighted by atomic mass is 28.3. The number of hydrogen-bond acceptors (Lipinski definition) is 2. The lowest BCUT2D eigenvalue weighted by Gasteiger charge is -2.27. The normalized spacial score (nSPS) is 13.5. The monoisotopic (exact) mass is 812 g/mol. The highest BCUT2D eigenvalue weighted by Gasteiger charge is 2.27. The Balaban J connectivity index is 1.79. The van der Waals surface area contributed by atoms with Crippen molar-refractivity contribution in [2.24, 2.45) is 0 Å². The molecule has 0 fully saturated rings. The Morgan fingerprint density at radius 3 is 0.967 bits per heavy atom. The molecule has 6 rings (SSSR count). The lowest BCUT2D eigenvalue weighted by atomic mass is 9.78. The van der Waals surface area contributed by atoms with Crippen molar-refractivity contribution in [3.8, 4) is 34.8 Å². The lowest BCUT2D eigenvalue weighted by Crippen LogP contribution is -2.18. The lowest BCUT2D eigenvalue weighted by molar-refractivity contribution is 0.461. The van der Waals surface area contributed by atoms with Gasteiger partial charge in [-0.1, -0.05) is 187 Å². The molecule has 0 aromatic heterocycles. The third kappa shape index (κ3) is 10.3. The van der Waals surface area contributed by atoms with Crippen LogP contribution >= 0.6 is 0 Å². The molecule has 60 heavy (non-hydrogen) atoms. The summed E-state index contributed by atoms with van der Waals surface area (Å²) in [4.78, 5) is 0. The molecule has 0 saturated heterocycles. The summed E-state index contributed by atoms with van der Waals surface area (Å²) in [5.41, 5.74) is 18.8. The zero-order valence-corrected chi connectivity index (χ0v) is 40.2. The second-order valence-electron chi connectivity index (χ2n) is 22.4. The fourth-order valence-electron chi connectivity index (χ4n) is 7.93. The van der Waals surface area contributed by atoms with Crippen LogP contribution < -0.4 is 0 Å². The van der Waals surface area contributed by atoms with E-state index < -0.39 is 8.07 Å². The first kappa shape index (κ1) is 44.6. The molecule has 0 aliphatic heterocycles. The van der Waals surface area contributed by atoms with Crippen LogP contribution in [0.15, 0.2) is 78.9 Å². The Bertz CT molecular complexity index is 2450. The molecule has 1 aliphatic carbocycles. The molecule has 0 saturated carbocycles. The zero-order chi connectivity index (χ0) is 44.2. The SMILES string of the molecule is CC(C)(C)c1cc2c(O)c(c1)Cc1cc(C(C)(C)C)cc(c1C#C[Si](C)(C)C)Cc1cc(C(C)(C)C)cc(c1O)Cc1cc(C(C)(C)C)cc(c1C#Cc1ccccc1)C2. The Labute approximate surface area is 363 Å². The van der Waals surface area contributed by atoms with E-state index >= 15 is 0 Å². The molecule has 0 amide bonds. The summed E-state index contributed by atoms with van der Waals surface area (Å²) in [6.45, 7) is 33.9. The summed E-state index contributed by atoms with van der Waals surface area (Å²) in [5, 5.41) is 25.1. The van der Waals surface area contributed by atoms with Crippen LogP contribution in [0, 0.1) is 23.3 Å². The van der Waals surface area contributed by atoms with Gasteiger partial charge in [0.15, 0.2) is 0 Å². The Morgan fingerprint density at radius 1 is 0.400 bits per heavy atom. The van der Waals surface area contributed by atoms with Gasteiger partial charge in [-0.05, 0) is 101 Å². The minimum absolute atomic E-state index is 0.138. The molecule has 0 atom stereocenters. The maximum Gasteiger partial charge on any atom is 0.129 e. The van der Waals surface area contributed by atoms with E-state index in [1.54, 1.807) is 0 Å². The summed E-state index contributed by atoms with van der Waals surface area (Å²) in [6, 6.07) is 28.3. The average Bonchev–Trinajstić information content (AvgIpc) is 3.11. The standard InChI is InChI=1S/C57H68O2Si/c1-54(2,3)46-29-38-25-42-33-48(56(7,8)9)35-44(52(42)58)27-40-31-47(55(4,5)6)32-41(51(40)23-24-60(13,14)15)28-45-36-49(57(10,11)12)34-43(53(45)59)26-39(30-46)50(38)22-21-37-19-17-16-18-20-37/h16-20,29-36,58-59H,25-28H2,1-15H3. The molecule has 5 aromatic rings. The van der Waals surface area contributed by atoms with E-state index in [1.807, 2.05) is 30.3 Å². The van der Waals surface area contributed by atoms with Gasteiger partial charge in [0.05, 0.1) is 0 Å². The maximum absolute atomic E-state index is 12.6. The molecule has 0 radical (unpaired) electrons. The van der Waals surface area contributed by atoms with Crippen molar-refractivity contribution < 1.29 is 10.2 Å². The van der Waals surface area contributed by atoms with Gasteiger partial charge in [0.1, 0.15) is 19.6 Å². The minimum Gasteiger partial charge on any atom is -0.507 e. The number of aromatic hydroxyl groups is 2. The van der Waals surface area contributed by atoms with Crippen molar-refractivity contribution in [3.63, 3.8) is 0 Å². The van der Waals surface area contributed by atoms with Gasteiger partial charge in [-0.15, -0.1) is 5.54 Å². The highest BCUT2D eigenvalue weighted by molar-refractivity contribution is 6.83. The van der Waals surface area contributed by atoms with Crippen molar-refractivity contribution in [2.45, 2.75) is 150 Å². The molecule has 312 valence electrons. The first-order valence-corrected chi connectivity index (χ1v) is 25.3. The molecule has 0 spiro atoms. The molecule has 8 bridgehead atoms. The van der Waals surface area contributed by atoms with E-state index in [1.165, 1.54) is 22.3 Å². The minimum atomic E-state index is -1.79. The molecule has 5 aromatic carbocycles. The number of phenolic OH excluding ortho intramolecular Hbond substituents is 2. The van der Waals surface area contributed by atoms with Crippen LogP contribution in [0.25, 0.3) is 0 Å². The molecule has 2 N–H and O–H groups in total. The Morgan fingerprint density at radius 2 is 0.683 bits per heavy atom. The summed E-state index contributed by atoms with van der Waals surface area (Å²) >= 11 is 0. The van der Waals surface area contributed by atoms with Gasteiger partial charge in [-0.2, -0.15) is 0 Å². The average molecular weight is 813 g/mol. The summed E-state index contributed by atoms with van der Waals surface area (Å²) in [5.74, 6) is 11.6. The quantitative estimate of drug-likeness (QED) is 0.118. The van der Waals surface area contributed by atoms with E-state index in [0.717, 1.165) is 61.2 Å². The van der Waals surface area contributed by atoms with E-state index in [4.69, 9.17) is 0 Å². The van der Waals surface area contributed by atoms with Crippen LogP contribution in [0.3, 0.4) is 0 Å². The van der Waals surface area contributed by atoms with E-state index in [9.17, 15) is 10.2 Å². The Hall–Kier alpha value is -4.96. The summed E-state index contributed by atoms with van der Waals surface area (Å²) in [6.07, 6.45) is 2.08. The van der Waals surface area contributed by atoms with E-state index in [0.29, 0.717) is 37.2 Å². The van der Waals surface area contributed by atoms with Gasteiger partial charge < -0.3 is 10.2 Å². The fourth-order valence-corrected chi connectivity index (χ4v) is 8.43. The van der Waals surface area contributed by atoms with Crippen LogP contribution in [0.2, 0.25) is 19.6 Å². The number of benzene rings is 5. The number of hydrogen-bond donors (Lipinski definition) is 2.